The van der Waals surface area contributed by atoms with E-state index in [4.69, 9.17) is 4.74 Å². The maximum Gasteiger partial charge on any atom is 0.222 e. The molecule has 0 aromatic rings. The van der Waals surface area contributed by atoms with E-state index in [2.05, 4.69) is 5.32 Å². The minimum atomic E-state index is -0.265. The highest BCUT2D eigenvalue weighted by Crippen LogP contribution is 2.07. The molecule has 1 amide bonds. The Bertz CT molecular complexity index is 164. The van der Waals surface area contributed by atoms with Gasteiger partial charge in [-0.3, -0.25) is 4.79 Å². The SMILES string of the molecule is CCOC(C)(C)CNC(=O)C(C)C. The van der Waals surface area contributed by atoms with Gasteiger partial charge in [-0.2, -0.15) is 0 Å². The van der Waals surface area contributed by atoms with E-state index in [1.165, 1.54) is 0 Å². The van der Waals surface area contributed by atoms with Crippen molar-refractivity contribution < 1.29 is 9.53 Å². The van der Waals surface area contributed by atoms with E-state index >= 15 is 0 Å². The van der Waals surface area contributed by atoms with Crippen LogP contribution in [0.25, 0.3) is 0 Å². The van der Waals surface area contributed by atoms with Gasteiger partial charge < -0.3 is 10.1 Å². The third kappa shape index (κ3) is 5.64. The molecule has 0 atom stereocenters. The van der Waals surface area contributed by atoms with E-state index in [1.807, 2.05) is 34.6 Å². The molecule has 0 aromatic carbocycles. The highest BCUT2D eigenvalue weighted by Gasteiger charge is 2.19. The van der Waals surface area contributed by atoms with Crippen LogP contribution in [0.4, 0.5) is 0 Å². The number of amides is 1. The second-order valence-electron chi connectivity index (χ2n) is 4.07. The van der Waals surface area contributed by atoms with Crippen molar-refractivity contribution in [1.82, 2.24) is 5.32 Å². The lowest BCUT2D eigenvalue weighted by Gasteiger charge is -2.25. The molecule has 0 aliphatic carbocycles. The Hall–Kier alpha value is -0.570. The molecule has 0 aromatic heterocycles. The smallest absolute Gasteiger partial charge is 0.222 e. The van der Waals surface area contributed by atoms with Crippen LogP contribution in [-0.2, 0) is 9.53 Å². The Kier molecular flexibility index (Phi) is 4.99. The Morgan fingerprint density at radius 2 is 2.00 bits per heavy atom. The minimum Gasteiger partial charge on any atom is -0.374 e. The van der Waals surface area contributed by atoms with Gasteiger partial charge in [0.1, 0.15) is 0 Å². The number of carbonyl (C=O) groups excluding carboxylic acids is 1. The number of carbonyl (C=O) groups is 1. The first kappa shape index (κ1) is 12.4. The molecule has 0 aliphatic heterocycles. The number of ether oxygens (including phenoxy) is 1. The summed E-state index contributed by atoms with van der Waals surface area (Å²) in [5.74, 6) is 0.116. The molecule has 0 heterocycles. The van der Waals surface area contributed by atoms with Gasteiger partial charge in [0.2, 0.25) is 5.91 Å². The van der Waals surface area contributed by atoms with Crippen molar-refractivity contribution in [3.8, 4) is 0 Å². The Labute approximate surface area is 80.8 Å². The molecule has 1 N–H and O–H groups in total. The van der Waals surface area contributed by atoms with E-state index in [0.29, 0.717) is 13.2 Å². The Morgan fingerprint density at radius 1 is 1.46 bits per heavy atom. The minimum absolute atomic E-state index is 0.0393. The van der Waals surface area contributed by atoms with E-state index < -0.39 is 0 Å². The summed E-state index contributed by atoms with van der Waals surface area (Å²) in [5, 5.41) is 2.84. The molecule has 0 rings (SSSR count). The molecule has 0 saturated heterocycles. The largest absolute Gasteiger partial charge is 0.374 e. The summed E-state index contributed by atoms with van der Waals surface area (Å²) in [5.41, 5.74) is -0.265. The van der Waals surface area contributed by atoms with E-state index in [1.54, 1.807) is 0 Å². The predicted molar refractivity (Wildman–Crippen MR) is 53.6 cm³/mol. The Balaban J connectivity index is 3.80. The van der Waals surface area contributed by atoms with Crippen molar-refractivity contribution in [2.75, 3.05) is 13.2 Å². The van der Waals surface area contributed by atoms with Gasteiger partial charge in [-0.05, 0) is 20.8 Å². The lowest BCUT2D eigenvalue weighted by molar-refractivity contribution is -0.125. The fourth-order valence-corrected chi connectivity index (χ4v) is 0.946. The molecular formula is C10H21NO2. The van der Waals surface area contributed by atoms with Crippen LogP contribution in [0.2, 0.25) is 0 Å². The fraction of sp³-hybridized carbons (Fsp3) is 0.900. The summed E-state index contributed by atoms with van der Waals surface area (Å²) in [7, 11) is 0. The van der Waals surface area contributed by atoms with Crippen LogP contribution >= 0.6 is 0 Å². The second-order valence-corrected chi connectivity index (χ2v) is 4.07. The van der Waals surface area contributed by atoms with Crippen LogP contribution in [0.5, 0.6) is 0 Å². The van der Waals surface area contributed by atoms with E-state index in [-0.39, 0.29) is 17.4 Å². The molecule has 0 aliphatic rings. The molecule has 0 unspecified atom stereocenters. The lowest BCUT2D eigenvalue weighted by atomic mass is 10.1. The highest BCUT2D eigenvalue weighted by atomic mass is 16.5. The molecule has 0 spiro atoms. The van der Waals surface area contributed by atoms with Crippen LogP contribution < -0.4 is 5.32 Å². The maximum absolute atomic E-state index is 11.2. The molecule has 0 bridgehead atoms. The van der Waals surface area contributed by atoms with Crippen molar-refractivity contribution in [2.45, 2.75) is 40.2 Å². The highest BCUT2D eigenvalue weighted by molar-refractivity contribution is 5.77. The average molecular weight is 187 g/mol. The summed E-state index contributed by atoms with van der Waals surface area (Å²) in [6.07, 6.45) is 0. The summed E-state index contributed by atoms with van der Waals surface area (Å²) in [4.78, 5) is 11.2. The van der Waals surface area contributed by atoms with Gasteiger partial charge in [0.05, 0.1) is 5.60 Å². The van der Waals surface area contributed by atoms with Crippen LogP contribution in [-0.4, -0.2) is 24.7 Å². The molecule has 0 fully saturated rings. The molecule has 0 saturated carbocycles. The summed E-state index contributed by atoms with van der Waals surface area (Å²) < 4.78 is 5.44. The number of hydrogen-bond donors (Lipinski definition) is 1. The summed E-state index contributed by atoms with van der Waals surface area (Å²) in [6.45, 7) is 10.9. The Morgan fingerprint density at radius 3 is 2.38 bits per heavy atom. The zero-order valence-electron chi connectivity index (χ0n) is 9.31. The third-order valence-electron chi connectivity index (χ3n) is 1.75. The first-order valence-corrected chi connectivity index (χ1v) is 4.80. The van der Waals surface area contributed by atoms with Crippen LogP contribution in [0.15, 0.2) is 0 Å². The third-order valence-corrected chi connectivity index (χ3v) is 1.75. The van der Waals surface area contributed by atoms with Crippen molar-refractivity contribution in [3.63, 3.8) is 0 Å². The predicted octanol–water partition coefficient (Wildman–Crippen LogP) is 1.57. The van der Waals surface area contributed by atoms with Gasteiger partial charge in [-0.15, -0.1) is 0 Å². The van der Waals surface area contributed by atoms with E-state index in [9.17, 15) is 4.79 Å². The van der Waals surface area contributed by atoms with Gasteiger partial charge >= 0.3 is 0 Å². The summed E-state index contributed by atoms with van der Waals surface area (Å²) >= 11 is 0. The first-order valence-electron chi connectivity index (χ1n) is 4.80. The van der Waals surface area contributed by atoms with Crippen LogP contribution in [0.3, 0.4) is 0 Å². The van der Waals surface area contributed by atoms with Crippen LogP contribution in [0, 0.1) is 5.92 Å². The summed E-state index contributed by atoms with van der Waals surface area (Å²) in [6, 6.07) is 0. The molecular weight excluding hydrogens is 166 g/mol. The van der Waals surface area contributed by atoms with Gasteiger partial charge in [-0.25, -0.2) is 0 Å². The average Bonchev–Trinajstić information content (AvgIpc) is 2.00. The van der Waals surface area contributed by atoms with Gasteiger partial charge in [0, 0.05) is 19.1 Å². The van der Waals surface area contributed by atoms with Crippen molar-refractivity contribution in [2.24, 2.45) is 5.92 Å². The van der Waals surface area contributed by atoms with E-state index in [0.717, 1.165) is 0 Å². The number of hydrogen-bond acceptors (Lipinski definition) is 2. The standard InChI is InChI=1S/C10H21NO2/c1-6-13-10(4,5)7-11-9(12)8(2)3/h8H,6-7H2,1-5H3,(H,11,12). The first-order chi connectivity index (χ1) is 5.89. The molecule has 0 radical (unpaired) electrons. The molecule has 3 nitrogen and oxygen atoms in total. The van der Waals surface area contributed by atoms with Crippen molar-refractivity contribution in [1.29, 1.82) is 0 Å². The number of rotatable bonds is 5. The lowest BCUT2D eigenvalue weighted by Crippen LogP contribution is -2.41. The number of nitrogens with one attached hydrogen (secondary N) is 1. The fourth-order valence-electron chi connectivity index (χ4n) is 0.946. The van der Waals surface area contributed by atoms with Crippen molar-refractivity contribution in [3.05, 3.63) is 0 Å². The van der Waals surface area contributed by atoms with Crippen molar-refractivity contribution >= 4 is 5.91 Å². The van der Waals surface area contributed by atoms with Gasteiger partial charge in [0.15, 0.2) is 0 Å². The topological polar surface area (TPSA) is 38.3 Å². The zero-order chi connectivity index (χ0) is 10.5. The molecule has 13 heavy (non-hydrogen) atoms. The normalized spacial score (nSPS) is 11.8. The monoisotopic (exact) mass is 187 g/mol. The second kappa shape index (κ2) is 5.22. The quantitative estimate of drug-likeness (QED) is 0.709. The van der Waals surface area contributed by atoms with Crippen LogP contribution in [0.1, 0.15) is 34.6 Å². The molecule has 3 heteroatoms. The zero-order valence-corrected chi connectivity index (χ0v) is 9.31. The molecule has 78 valence electrons. The van der Waals surface area contributed by atoms with Gasteiger partial charge in [-0.1, -0.05) is 13.8 Å². The maximum atomic E-state index is 11.2. The van der Waals surface area contributed by atoms with Gasteiger partial charge in [0.25, 0.3) is 0 Å².